The molecule has 2 atom stereocenters. The van der Waals surface area contributed by atoms with E-state index >= 15 is 0 Å². The predicted octanol–water partition coefficient (Wildman–Crippen LogP) is 3.00. The summed E-state index contributed by atoms with van der Waals surface area (Å²) < 4.78 is 13.5. The van der Waals surface area contributed by atoms with Crippen molar-refractivity contribution >= 4 is 22.8 Å². The number of aryl methyl sites for hydroxylation is 1. The van der Waals surface area contributed by atoms with Crippen LogP contribution in [0.2, 0.25) is 0 Å². The first-order valence-electron chi connectivity index (χ1n) is 10.7. The van der Waals surface area contributed by atoms with E-state index in [1.54, 1.807) is 12.1 Å². The van der Waals surface area contributed by atoms with Crippen LogP contribution in [0.5, 0.6) is 0 Å². The number of halogens is 1. The number of aromatic amines is 1. The van der Waals surface area contributed by atoms with Crippen LogP contribution in [0, 0.1) is 12.7 Å². The van der Waals surface area contributed by atoms with E-state index in [1.807, 2.05) is 24.0 Å². The number of rotatable bonds is 5. The summed E-state index contributed by atoms with van der Waals surface area (Å²) in [6.45, 7) is 2.81. The Morgan fingerprint density at radius 3 is 2.87 bits per heavy atom. The SMILES string of the molecule is Cc1ccc2nc(CCNC(=O)C3(c4ccc(F)cc4)CC4CCC(=O)N4C3)[nH]c2c1. The summed E-state index contributed by atoms with van der Waals surface area (Å²) in [4.78, 5) is 35.4. The van der Waals surface area contributed by atoms with Gasteiger partial charge >= 0.3 is 0 Å². The molecule has 2 aliphatic rings. The van der Waals surface area contributed by atoms with Crippen molar-refractivity contribution in [3.05, 3.63) is 65.2 Å². The molecule has 2 unspecified atom stereocenters. The highest BCUT2D eigenvalue weighted by atomic mass is 19.1. The molecule has 2 amide bonds. The van der Waals surface area contributed by atoms with Crippen LogP contribution in [0.4, 0.5) is 4.39 Å². The Labute approximate surface area is 179 Å². The lowest BCUT2D eigenvalue weighted by Crippen LogP contribution is -2.47. The zero-order valence-electron chi connectivity index (χ0n) is 17.5. The van der Waals surface area contributed by atoms with Gasteiger partial charge in [0.1, 0.15) is 11.6 Å². The molecule has 0 aliphatic carbocycles. The number of H-pyrrole nitrogens is 1. The smallest absolute Gasteiger partial charge is 0.232 e. The summed E-state index contributed by atoms with van der Waals surface area (Å²) in [6.07, 6.45) is 2.45. The molecule has 0 bridgehead atoms. The number of benzene rings is 2. The van der Waals surface area contributed by atoms with Gasteiger partial charge in [-0.25, -0.2) is 9.37 Å². The molecule has 0 radical (unpaired) electrons. The molecule has 160 valence electrons. The summed E-state index contributed by atoms with van der Waals surface area (Å²) in [5.74, 6) is 0.459. The van der Waals surface area contributed by atoms with E-state index in [0.29, 0.717) is 32.4 Å². The summed E-state index contributed by atoms with van der Waals surface area (Å²) >= 11 is 0. The van der Waals surface area contributed by atoms with Crippen LogP contribution in [-0.2, 0) is 21.4 Å². The predicted molar refractivity (Wildman–Crippen MR) is 115 cm³/mol. The lowest BCUT2D eigenvalue weighted by molar-refractivity contribution is -0.129. The molecule has 2 N–H and O–H groups in total. The summed E-state index contributed by atoms with van der Waals surface area (Å²) in [6, 6.07) is 12.2. The third kappa shape index (κ3) is 3.48. The van der Waals surface area contributed by atoms with Crippen molar-refractivity contribution in [2.45, 2.75) is 44.1 Å². The van der Waals surface area contributed by atoms with Crippen LogP contribution in [0.1, 0.15) is 36.2 Å². The molecule has 1 aromatic heterocycles. The Hall–Kier alpha value is -3.22. The van der Waals surface area contributed by atoms with Gasteiger partial charge in [-0.2, -0.15) is 0 Å². The Morgan fingerprint density at radius 1 is 1.29 bits per heavy atom. The standard InChI is InChI=1S/C24H25FN4O2/c1-15-2-8-19-20(12-15)28-21(27-19)10-11-26-23(31)24(16-3-5-17(25)6-4-16)13-18-7-9-22(30)29(18)14-24/h2-6,8,12,18H,7,9-11,13-14H2,1H3,(H,26,31)(H,27,28). The molecule has 5 rings (SSSR count). The largest absolute Gasteiger partial charge is 0.355 e. The number of aromatic nitrogens is 2. The molecule has 2 aromatic carbocycles. The number of amides is 2. The minimum Gasteiger partial charge on any atom is -0.355 e. The maximum absolute atomic E-state index is 13.5. The van der Waals surface area contributed by atoms with Crippen LogP contribution in [0.15, 0.2) is 42.5 Å². The Bertz CT molecular complexity index is 1160. The lowest BCUT2D eigenvalue weighted by Gasteiger charge is -2.29. The Morgan fingerprint density at radius 2 is 2.10 bits per heavy atom. The van der Waals surface area contributed by atoms with Crippen LogP contribution in [0.25, 0.3) is 11.0 Å². The van der Waals surface area contributed by atoms with Gasteiger partial charge in [0.05, 0.1) is 16.4 Å². The number of carbonyl (C=O) groups excluding carboxylic acids is 2. The number of hydrogen-bond donors (Lipinski definition) is 2. The second-order valence-electron chi connectivity index (χ2n) is 8.72. The second-order valence-corrected chi connectivity index (χ2v) is 8.72. The number of imidazole rings is 1. The van der Waals surface area contributed by atoms with E-state index in [-0.39, 0.29) is 23.7 Å². The minimum absolute atomic E-state index is 0.0712. The Kier molecular flexibility index (Phi) is 4.76. The van der Waals surface area contributed by atoms with Crippen molar-refractivity contribution in [2.75, 3.05) is 13.1 Å². The fraction of sp³-hybridized carbons (Fsp3) is 0.375. The first-order valence-corrected chi connectivity index (χ1v) is 10.7. The molecule has 3 aromatic rings. The molecule has 31 heavy (non-hydrogen) atoms. The van der Waals surface area contributed by atoms with Crippen molar-refractivity contribution in [2.24, 2.45) is 0 Å². The van der Waals surface area contributed by atoms with Crippen molar-refractivity contribution in [1.82, 2.24) is 20.2 Å². The quantitative estimate of drug-likeness (QED) is 0.666. The molecule has 0 spiro atoms. The molecule has 3 heterocycles. The summed E-state index contributed by atoms with van der Waals surface area (Å²) in [7, 11) is 0. The van der Waals surface area contributed by atoms with Gasteiger partial charge in [-0.1, -0.05) is 18.2 Å². The molecule has 2 saturated heterocycles. The van der Waals surface area contributed by atoms with Gasteiger partial charge in [0.2, 0.25) is 11.8 Å². The van der Waals surface area contributed by atoms with Crippen molar-refractivity contribution < 1.29 is 14.0 Å². The molecule has 0 saturated carbocycles. The first kappa shape index (κ1) is 19.7. The zero-order chi connectivity index (χ0) is 21.6. The topological polar surface area (TPSA) is 78.1 Å². The second kappa shape index (κ2) is 7.48. The van der Waals surface area contributed by atoms with Crippen molar-refractivity contribution in [3.63, 3.8) is 0 Å². The van der Waals surface area contributed by atoms with Gasteiger partial charge in [-0.05, 0) is 55.2 Å². The van der Waals surface area contributed by atoms with Crippen molar-refractivity contribution in [3.8, 4) is 0 Å². The number of carbonyl (C=O) groups is 2. The van der Waals surface area contributed by atoms with Gasteiger partial charge in [0, 0.05) is 32.0 Å². The van der Waals surface area contributed by atoms with Crippen LogP contribution in [0.3, 0.4) is 0 Å². The van der Waals surface area contributed by atoms with Gasteiger partial charge in [0.15, 0.2) is 0 Å². The molecular weight excluding hydrogens is 395 g/mol. The first-order chi connectivity index (χ1) is 14.9. The third-order valence-corrected chi connectivity index (χ3v) is 6.64. The lowest BCUT2D eigenvalue weighted by atomic mass is 9.77. The van der Waals surface area contributed by atoms with E-state index in [1.165, 1.54) is 12.1 Å². The van der Waals surface area contributed by atoms with E-state index in [0.717, 1.165) is 34.4 Å². The number of nitrogens with zero attached hydrogens (tertiary/aromatic N) is 2. The van der Waals surface area contributed by atoms with Gasteiger partial charge in [0.25, 0.3) is 0 Å². The van der Waals surface area contributed by atoms with E-state index in [4.69, 9.17) is 0 Å². The highest BCUT2D eigenvalue weighted by molar-refractivity contribution is 5.91. The van der Waals surface area contributed by atoms with Gasteiger partial charge in [-0.3, -0.25) is 9.59 Å². The molecule has 2 fully saturated rings. The van der Waals surface area contributed by atoms with Crippen LogP contribution in [-0.4, -0.2) is 45.8 Å². The normalized spacial score (nSPS) is 22.8. The average molecular weight is 420 g/mol. The zero-order valence-corrected chi connectivity index (χ0v) is 17.5. The number of nitrogens with one attached hydrogen (secondary N) is 2. The minimum atomic E-state index is -0.848. The summed E-state index contributed by atoms with van der Waals surface area (Å²) in [5, 5.41) is 3.06. The van der Waals surface area contributed by atoms with Gasteiger partial charge in [-0.15, -0.1) is 0 Å². The van der Waals surface area contributed by atoms with Crippen LogP contribution < -0.4 is 5.32 Å². The highest BCUT2D eigenvalue weighted by Crippen LogP contribution is 2.43. The monoisotopic (exact) mass is 420 g/mol. The van der Waals surface area contributed by atoms with Gasteiger partial charge < -0.3 is 15.2 Å². The fourth-order valence-corrected chi connectivity index (χ4v) is 5.01. The third-order valence-electron chi connectivity index (χ3n) is 6.64. The fourth-order valence-electron chi connectivity index (χ4n) is 5.01. The molecule has 6 nitrogen and oxygen atoms in total. The molecule has 2 aliphatic heterocycles. The molecule has 7 heteroatoms. The average Bonchev–Trinajstić information content (AvgIpc) is 3.42. The van der Waals surface area contributed by atoms with E-state index in [2.05, 4.69) is 21.4 Å². The van der Waals surface area contributed by atoms with Crippen molar-refractivity contribution in [1.29, 1.82) is 0 Å². The maximum Gasteiger partial charge on any atom is 0.232 e. The maximum atomic E-state index is 13.5. The number of hydrogen-bond acceptors (Lipinski definition) is 3. The number of fused-ring (bicyclic) bond motifs is 2. The highest BCUT2D eigenvalue weighted by Gasteiger charge is 2.53. The van der Waals surface area contributed by atoms with E-state index < -0.39 is 5.41 Å². The Balaban J connectivity index is 1.33. The van der Waals surface area contributed by atoms with E-state index in [9.17, 15) is 14.0 Å². The molecular formula is C24H25FN4O2. The van der Waals surface area contributed by atoms with Crippen LogP contribution >= 0.6 is 0 Å². The summed E-state index contributed by atoms with van der Waals surface area (Å²) in [5.41, 5.74) is 2.96.